The van der Waals surface area contributed by atoms with Crippen molar-refractivity contribution in [3.8, 4) is 0 Å². The van der Waals surface area contributed by atoms with Crippen molar-refractivity contribution in [1.82, 2.24) is 10.2 Å². The summed E-state index contributed by atoms with van der Waals surface area (Å²) < 4.78 is 0. The van der Waals surface area contributed by atoms with Crippen molar-refractivity contribution in [3.63, 3.8) is 0 Å². The fourth-order valence-corrected chi connectivity index (χ4v) is 3.81. The van der Waals surface area contributed by atoms with E-state index >= 15 is 0 Å². The standard InChI is InChI=1S/C28H40N2O2/c1-8-25(27(32)29-28(5,6)7)30(19-24-12-10-9-11-21(24)4)26(31)18-15-22-13-16-23(17-14-22)20(2)3/h9-14,16-17,20,25H,8,15,18-19H2,1-7H3,(H,29,32)/t25-/m1/s1. The van der Waals surface area contributed by atoms with Gasteiger partial charge < -0.3 is 10.2 Å². The van der Waals surface area contributed by atoms with Gasteiger partial charge in [0.1, 0.15) is 6.04 Å². The molecule has 0 saturated heterocycles. The van der Waals surface area contributed by atoms with E-state index in [2.05, 4.69) is 43.4 Å². The molecule has 0 radical (unpaired) electrons. The zero-order valence-electron chi connectivity index (χ0n) is 20.9. The largest absolute Gasteiger partial charge is 0.350 e. The Labute approximate surface area is 194 Å². The fraction of sp³-hybridized carbons (Fsp3) is 0.500. The van der Waals surface area contributed by atoms with Crippen LogP contribution in [0.4, 0.5) is 0 Å². The van der Waals surface area contributed by atoms with Gasteiger partial charge in [0.15, 0.2) is 0 Å². The molecule has 2 rings (SSSR count). The van der Waals surface area contributed by atoms with Gasteiger partial charge in [-0.1, -0.05) is 69.3 Å². The monoisotopic (exact) mass is 436 g/mol. The molecule has 2 amide bonds. The predicted molar refractivity (Wildman–Crippen MR) is 133 cm³/mol. The average molecular weight is 437 g/mol. The highest BCUT2D eigenvalue weighted by Gasteiger charge is 2.30. The fourth-order valence-electron chi connectivity index (χ4n) is 3.81. The number of nitrogens with one attached hydrogen (secondary N) is 1. The highest BCUT2D eigenvalue weighted by molar-refractivity contribution is 5.88. The van der Waals surface area contributed by atoms with Gasteiger partial charge in [0.05, 0.1) is 0 Å². The molecule has 0 aliphatic rings. The molecule has 0 spiro atoms. The number of hydrogen-bond donors (Lipinski definition) is 1. The number of carbonyl (C=O) groups is 2. The average Bonchev–Trinajstić information content (AvgIpc) is 2.72. The summed E-state index contributed by atoms with van der Waals surface area (Å²) in [6.45, 7) is 14.7. The van der Waals surface area contributed by atoms with Crippen LogP contribution in [-0.4, -0.2) is 28.3 Å². The SMILES string of the molecule is CC[C@H](C(=O)NC(C)(C)C)N(Cc1ccccc1C)C(=O)CCc1ccc(C(C)C)cc1. The Kier molecular flexibility index (Phi) is 9.06. The molecule has 2 aromatic rings. The predicted octanol–water partition coefficient (Wildman–Crippen LogP) is 5.77. The molecule has 2 aromatic carbocycles. The lowest BCUT2D eigenvalue weighted by atomic mass is 9.99. The first kappa shape index (κ1) is 25.6. The van der Waals surface area contributed by atoms with Gasteiger partial charge in [-0.2, -0.15) is 0 Å². The molecule has 0 unspecified atom stereocenters. The first-order valence-electron chi connectivity index (χ1n) is 11.8. The van der Waals surface area contributed by atoms with E-state index in [1.54, 1.807) is 4.90 Å². The number of nitrogens with zero attached hydrogens (tertiary/aromatic N) is 1. The third kappa shape index (κ3) is 7.51. The van der Waals surface area contributed by atoms with Crippen LogP contribution in [0.1, 0.15) is 82.6 Å². The maximum atomic E-state index is 13.4. The molecule has 0 fully saturated rings. The van der Waals surface area contributed by atoms with E-state index in [4.69, 9.17) is 0 Å². The highest BCUT2D eigenvalue weighted by Crippen LogP contribution is 2.19. The van der Waals surface area contributed by atoms with E-state index in [0.717, 1.165) is 16.7 Å². The Morgan fingerprint density at radius 3 is 2.16 bits per heavy atom. The molecule has 174 valence electrons. The molecule has 4 heteroatoms. The van der Waals surface area contributed by atoms with Crippen molar-refractivity contribution in [1.29, 1.82) is 0 Å². The quantitative estimate of drug-likeness (QED) is 0.542. The van der Waals surface area contributed by atoms with Crippen LogP contribution in [0.15, 0.2) is 48.5 Å². The van der Waals surface area contributed by atoms with Crippen molar-refractivity contribution in [3.05, 3.63) is 70.8 Å². The summed E-state index contributed by atoms with van der Waals surface area (Å²) in [6.07, 6.45) is 1.62. The van der Waals surface area contributed by atoms with Gasteiger partial charge in [-0.15, -0.1) is 0 Å². The van der Waals surface area contributed by atoms with Crippen LogP contribution in [0.25, 0.3) is 0 Å². The lowest BCUT2D eigenvalue weighted by Gasteiger charge is -2.33. The number of rotatable bonds is 9. The van der Waals surface area contributed by atoms with Crippen molar-refractivity contribution < 1.29 is 9.59 Å². The van der Waals surface area contributed by atoms with Crippen LogP contribution in [0, 0.1) is 6.92 Å². The third-order valence-corrected chi connectivity index (χ3v) is 5.76. The highest BCUT2D eigenvalue weighted by atomic mass is 16.2. The number of carbonyl (C=O) groups excluding carboxylic acids is 2. The number of benzene rings is 2. The van der Waals surface area contributed by atoms with Crippen molar-refractivity contribution in [2.45, 2.75) is 91.8 Å². The number of amides is 2. The molecule has 0 bridgehead atoms. The second kappa shape index (κ2) is 11.3. The molecular formula is C28H40N2O2. The summed E-state index contributed by atoms with van der Waals surface area (Å²) in [5.41, 5.74) is 4.29. The van der Waals surface area contributed by atoms with Gasteiger partial charge in [0, 0.05) is 18.5 Å². The molecule has 0 saturated carbocycles. The van der Waals surface area contributed by atoms with E-state index < -0.39 is 6.04 Å². The molecule has 0 aromatic heterocycles. The molecule has 0 aliphatic carbocycles. The van der Waals surface area contributed by atoms with Gasteiger partial charge in [-0.25, -0.2) is 0 Å². The van der Waals surface area contributed by atoms with Crippen LogP contribution < -0.4 is 5.32 Å². The van der Waals surface area contributed by atoms with Crippen LogP contribution in [0.5, 0.6) is 0 Å². The smallest absolute Gasteiger partial charge is 0.243 e. The molecule has 0 aliphatic heterocycles. The maximum Gasteiger partial charge on any atom is 0.243 e. The van der Waals surface area contributed by atoms with Crippen LogP contribution in [0.3, 0.4) is 0 Å². The zero-order chi connectivity index (χ0) is 23.9. The van der Waals surface area contributed by atoms with Gasteiger partial charge in [0.25, 0.3) is 0 Å². The van der Waals surface area contributed by atoms with Gasteiger partial charge in [-0.3, -0.25) is 9.59 Å². The summed E-state index contributed by atoms with van der Waals surface area (Å²) >= 11 is 0. The summed E-state index contributed by atoms with van der Waals surface area (Å²) in [4.78, 5) is 28.3. The van der Waals surface area contributed by atoms with Crippen LogP contribution in [0.2, 0.25) is 0 Å². The first-order valence-corrected chi connectivity index (χ1v) is 11.8. The minimum atomic E-state index is -0.496. The summed E-state index contributed by atoms with van der Waals surface area (Å²) in [5.74, 6) is 0.405. The van der Waals surface area contributed by atoms with E-state index in [9.17, 15) is 9.59 Å². The normalized spacial score (nSPS) is 12.5. The van der Waals surface area contributed by atoms with E-state index in [-0.39, 0.29) is 17.4 Å². The van der Waals surface area contributed by atoms with Gasteiger partial charge in [0.2, 0.25) is 11.8 Å². The summed E-state index contributed by atoms with van der Waals surface area (Å²) in [6, 6.07) is 16.1. The molecule has 4 nitrogen and oxygen atoms in total. The van der Waals surface area contributed by atoms with Crippen LogP contribution in [-0.2, 0) is 22.6 Å². The lowest BCUT2D eigenvalue weighted by Crippen LogP contribution is -2.53. The summed E-state index contributed by atoms with van der Waals surface area (Å²) in [7, 11) is 0. The molecular weight excluding hydrogens is 396 g/mol. The second-order valence-electron chi connectivity index (χ2n) is 10.0. The zero-order valence-corrected chi connectivity index (χ0v) is 20.9. The Bertz CT molecular complexity index is 894. The van der Waals surface area contributed by atoms with Gasteiger partial charge in [-0.05, 0) is 68.7 Å². The second-order valence-corrected chi connectivity index (χ2v) is 10.0. The third-order valence-electron chi connectivity index (χ3n) is 5.76. The van der Waals surface area contributed by atoms with E-state index in [0.29, 0.717) is 31.7 Å². The molecule has 0 heterocycles. The number of aryl methyl sites for hydroxylation is 2. The molecule has 1 N–H and O–H groups in total. The first-order chi connectivity index (χ1) is 15.0. The molecule has 32 heavy (non-hydrogen) atoms. The van der Waals surface area contributed by atoms with E-state index in [1.807, 2.05) is 58.9 Å². The Balaban J connectivity index is 2.22. The van der Waals surface area contributed by atoms with Crippen molar-refractivity contribution in [2.24, 2.45) is 0 Å². The van der Waals surface area contributed by atoms with E-state index in [1.165, 1.54) is 5.56 Å². The Morgan fingerprint density at radius 2 is 1.62 bits per heavy atom. The summed E-state index contributed by atoms with van der Waals surface area (Å²) in [5, 5.41) is 3.06. The Morgan fingerprint density at radius 1 is 1.00 bits per heavy atom. The van der Waals surface area contributed by atoms with Gasteiger partial charge >= 0.3 is 0 Å². The lowest BCUT2D eigenvalue weighted by molar-refractivity contribution is -0.142. The minimum Gasteiger partial charge on any atom is -0.350 e. The van der Waals surface area contributed by atoms with Crippen molar-refractivity contribution in [2.75, 3.05) is 0 Å². The number of hydrogen-bond acceptors (Lipinski definition) is 2. The minimum absolute atomic E-state index is 0.0112. The van der Waals surface area contributed by atoms with Crippen LogP contribution >= 0.6 is 0 Å². The van der Waals surface area contributed by atoms with Crippen molar-refractivity contribution >= 4 is 11.8 Å². The molecule has 1 atom stereocenters. The maximum absolute atomic E-state index is 13.4. The topological polar surface area (TPSA) is 49.4 Å². The Hall–Kier alpha value is -2.62.